The van der Waals surface area contributed by atoms with Crippen molar-refractivity contribution in [2.45, 2.75) is 51.8 Å². The average molecular weight is 380 g/mol. The summed E-state index contributed by atoms with van der Waals surface area (Å²) in [5.74, 6) is 0.809. The summed E-state index contributed by atoms with van der Waals surface area (Å²) in [6.07, 6.45) is 5.03. The normalized spacial score (nSPS) is 19.2. The molecule has 0 radical (unpaired) electrons. The number of nitrogens with zero attached hydrogens (tertiary/aromatic N) is 4. The summed E-state index contributed by atoms with van der Waals surface area (Å²) in [7, 11) is 0. The molecule has 0 N–H and O–H groups in total. The number of hydrogen-bond donors (Lipinski definition) is 0. The van der Waals surface area contributed by atoms with Crippen molar-refractivity contribution in [3.63, 3.8) is 0 Å². The van der Waals surface area contributed by atoms with Crippen LogP contribution in [0.3, 0.4) is 0 Å². The van der Waals surface area contributed by atoms with Gasteiger partial charge in [0.2, 0.25) is 0 Å². The maximum atomic E-state index is 13.2. The standard InChI is InChI=1S/C22H28N4O2/c1-16(2)25-10-8-22(9-11-25)15-26(14-18-6-4-5-7-20(18)28-22)21(27)19-13-23-17(3)12-24-19/h4-7,12-13,16H,8-11,14-15H2,1-3H3. The highest BCUT2D eigenvalue weighted by molar-refractivity contribution is 5.92. The molecule has 6 heteroatoms. The number of ether oxygens (including phenoxy) is 1. The maximum Gasteiger partial charge on any atom is 0.274 e. The quantitative estimate of drug-likeness (QED) is 0.801. The lowest BCUT2D eigenvalue weighted by atomic mass is 9.89. The Morgan fingerprint density at radius 2 is 1.89 bits per heavy atom. The number of carbonyl (C=O) groups is 1. The molecular formula is C22H28N4O2. The molecule has 4 rings (SSSR count). The lowest BCUT2D eigenvalue weighted by molar-refractivity contribution is -0.0214. The van der Waals surface area contributed by atoms with Crippen molar-refractivity contribution in [1.29, 1.82) is 0 Å². The number of piperidine rings is 1. The van der Waals surface area contributed by atoms with Crippen molar-refractivity contribution in [2.24, 2.45) is 0 Å². The summed E-state index contributed by atoms with van der Waals surface area (Å²) in [4.78, 5) is 26.1. The number of likely N-dealkylation sites (tertiary alicyclic amines) is 1. The fourth-order valence-electron chi connectivity index (χ4n) is 4.13. The lowest BCUT2D eigenvalue weighted by Crippen LogP contribution is -2.55. The summed E-state index contributed by atoms with van der Waals surface area (Å²) in [5, 5.41) is 0. The maximum absolute atomic E-state index is 13.2. The largest absolute Gasteiger partial charge is 0.485 e. The van der Waals surface area contributed by atoms with E-state index < -0.39 is 0 Å². The first kappa shape index (κ1) is 18.9. The van der Waals surface area contributed by atoms with Crippen LogP contribution >= 0.6 is 0 Å². The molecule has 1 saturated heterocycles. The van der Waals surface area contributed by atoms with Crippen LogP contribution in [0.15, 0.2) is 36.7 Å². The molecule has 6 nitrogen and oxygen atoms in total. The molecule has 0 aliphatic carbocycles. The molecule has 0 unspecified atom stereocenters. The second-order valence-electron chi connectivity index (χ2n) is 8.23. The summed E-state index contributed by atoms with van der Waals surface area (Å²) < 4.78 is 6.59. The van der Waals surface area contributed by atoms with Crippen molar-refractivity contribution in [3.05, 3.63) is 53.6 Å². The van der Waals surface area contributed by atoms with Crippen LogP contribution in [-0.2, 0) is 6.54 Å². The highest BCUT2D eigenvalue weighted by Crippen LogP contribution is 2.36. The van der Waals surface area contributed by atoms with Gasteiger partial charge in [0.15, 0.2) is 0 Å². The summed E-state index contributed by atoms with van der Waals surface area (Å²) >= 11 is 0. The summed E-state index contributed by atoms with van der Waals surface area (Å²) in [6, 6.07) is 8.58. The van der Waals surface area contributed by atoms with Gasteiger partial charge in [-0.2, -0.15) is 0 Å². The van der Waals surface area contributed by atoms with E-state index in [-0.39, 0.29) is 11.5 Å². The number of rotatable bonds is 2. The molecule has 0 saturated carbocycles. The SMILES string of the molecule is Cc1cnc(C(=O)N2Cc3ccccc3OC3(CCN(C(C)C)CC3)C2)cn1. The van der Waals surface area contributed by atoms with E-state index in [0.29, 0.717) is 24.8 Å². The molecular weight excluding hydrogens is 352 g/mol. The third kappa shape index (κ3) is 3.74. The van der Waals surface area contributed by atoms with Crippen molar-refractivity contribution < 1.29 is 9.53 Å². The first-order valence-corrected chi connectivity index (χ1v) is 10.0. The van der Waals surface area contributed by atoms with E-state index in [1.165, 1.54) is 0 Å². The molecule has 1 aromatic carbocycles. The summed E-state index contributed by atoms with van der Waals surface area (Å²) in [6.45, 7) is 9.38. The van der Waals surface area contributed by atoms with E-state index in [4.69, 9.17) is 4.74 Å². The fourth-order valence-corrected chi connectivity index (χ4v) is 4.13. The van der Waals surface area contributed by atoms with Gasteiger partial charge in [0.05, 0.1) is 18.4 Å². The van der Waals surface area contributed by atoms with E-state index in [9.17, 15) is 4.79 Å². The van der Waals surface area contributed by atoms with Gasteiger partial charge in [-0.3, -0.25) is 9.78 Å². The number of benzene rings is 1. The van der Waals surface area contributed by atoms with Gasteiger partial charge in [0.1, 0.15) is 17.0 Å². The zero-order valence-corrected chi connectivity index (χ0v) is 16.9. The van der Waals surface area contributed by atoms with E-state index in [0.717, 1.165) is 42.9 Å². The predicted molar refractivity (Wildman–Crippen MR) is 107 cm³/mol. The van der Waals surface area contributed by atoms with Crippen molar-refractivity contribution in [3.8, 4) is 5.75 Å². The van der Waals surface area contributed by atoms with Gasteiger partial charge in [0, 0.05) is 50.3 Å². The number of fused-ring (bicyclic) bond motifs is 1. The molecule has 0 atom stereocenters. The van der Waals surface area contributed by atoms with Gasteiger partial charge in [-0.05, 0) is 26.8 Å². The monoisotopic (exact) mass is 380 g/mol. The van der Waals surface area contributed by atoms with Gasteiger partial charge >= 0.3 is 0 Å². The Labute approximate surface area is 166 Å². The third-order valence-corrected chi connectivity index (χ3v) is 5.87. The molecule has 1 spiro atoms. The second-order valence-corrected chi connectivity index (χ2v) is 8.23. The van der Waals surface area contributed by atoms with Crippen LogP contribution in [-0.4, -0.2) is 57.0 Å². The molecule has 2 aliphatic rings. The molecule has 28 heavy (non-hydrogen) atoms. The number of carbonyl (C=O) groups excluding carboxylic acids is 1. The van der Waals surface area contributed by atoms with Crippen molar-refractivity contribution in [2.75, 3.05) is 19.6 Å². The highest BCUT2D eigenvalue weighted by Gasteiger charge is 2.42. The Balaban J connectivity index is 1.64. The van der Waals surface area contributed by atoms with Crippen LogP contribution in [0.25, 0.3) is 0 Å². The van der Waals surface area contributed by atoms with Crippen LogP contribution < -0.4 is 4.74 Å². The van der Waals surface area contributed by atoms with Crippen LogP contribution in [0.4, 0.5) is 0 Å². The summed E-state index contributed by atoms with van der Waals surface area (Å²) in [5.41, 5.74) is 1.88. The Morgan fingerprint density at radius 3 is 2.57 bits per heavy atom. The zero-order chi connectivity index (χ0) is 19.7. The Hall–Kier alpha value is -2.47. The molecule has 2 aromatic rings. The Kier molecular flexibility index (Phi) is 5.06. The van der Waals surface area contributed by atoms with Crippen LogP contribution in [0, 0.1) is 6.92 Å². The number of hydrogen-bond acceptors (Lipinski definition) is 5. The van der Waals surface area contributed by atoms with E-state index in [1.807, 2.05) is 36.1 Å². The minimum absolute atomic E-state index is 0.0848. The Morgan fingerprint density at radius 1 is 1.14 bits per heavy atom. The van der Waals surface area contributed by atoms with Gasteiger partial charge in [-0.15, -0.1) is 0 Å². The number of para-hydroxylation sites is 1. The molecule has 1 amide bonds. The lowest BCUT2D eigenvalue weighted by Gasteiger charge is -2.44. The molecule has 1 fully saturated rings. The molecule has 0 bridgehead atoms. The van der Waals surface area contributed by atoms with Crippen molar-refractivity contribution in [1.82, 2.24) is 19.8 Å². The van der Waals surface area contributed by atoms with Crippen LogP contribution in [0.5, 0.6) is 5.75 Å². The number of aromatic nitrogens is 2. The van der Waals surface area contributed by atoms with Crippen molar-refractivity contribution >= 4 is 5.91 Å². The second kappa shape index (κ2) is 7.51. The van der Waals surface area contributed by atoms with Crippen LogP contribution in [0.1, 0.15) is 48.4 Å². The molecule has 1 aromatic heterocycles. The molecule has 2 aliphatic heterocycles. The zero-order valence-electron chi connectivity index (χ0n) is 16.9. The van der Waals surface area contributed by atoms with E-state index in [2.05, 4.69) is 28.7 Å². The molecule has 3 heterocycles. The fraction of sp³-hybridized carbons (Fsp3) is 0.500. The van der Waals surface area contributed by atoms with E-state index >= 15 is 0 Å². The number of aryl methyl sites for hydroxylation is 1. The van der Waals surface area contributed by atoms with Gasteiger partial charge < -0.3 is 14.5 Å². The smallest absolute Gasteiger partial charge is 0.274 e. The van der Waals surface area contributed by atoms with Crippen LogP contribution in [0.2, 0.25) is 0 Å². The van der Waals surface area contributed by atoms with Gasteiger partial charge in [-0.25, -0.2) is 4.98 Å². The number of amides is 1. The van der Waals surface area contributed by atoms with Gasteiger partial charge in [-0.1, -0.05) is 18.2 Å². The Bertz CT molecular complexity index is 842. The average Bonchev–Trinajstić information content (AvgIpc) is 2.85. The van der Waals surface area contributed by atoms with E-state index in [1.54, 1.807) is 12.4 Å². The first-order valence-electron chi connectivity index (χ1n) is 10.0. The predicted octanol–water partition coefficient (Wildman–Crippen LogP) is 3.06. The first-order chi connectivity index (χ1) is 13.5. The molecule has 148 valence electrons. The third-order valence-electron chi connectivity index (χ3n) is 5.87. The minimum Gasteiger partial charge on any atom is -0.485 e. The minimum atomic E-state index is -0.355. The topological polar surface area (TPSA) is 58.6 Å². The van der Waals surface area contributed by atoms with Gasteiger partial charge in [0.25, 0.3) is 5.91 Å². The highest BCUT2D eigenvalue weighted by atomic mass is 16.5.